The van der Waals surface area contributed by atoms with Crippen molar-refractivity contribution in [2.75, 3.05) is 18.5 Å². The lowest BCUT2D eigenvalue weighted by molar-refractivity contribution is -0.147. The predicted octanol–water partition coefficient (Wildman–Crippen LogP) is 2.06. The van der Waals surface area contributed by atoms with Crippen molar-refractivity contribution in [2.24, 2.45) is 0 Å². The molecule has 1 aliphatic carbocycles. The van der Waals surface area contributed by atoms with Gasteiger partial charge in [-0.25, -0.2) is 0 Å². The molecule has 0 bridgehead atoms. The van der Waals surface area contributed by atoms with Crippen LogP contribution in [0, 0.1) is 6.92 Å². The highest BCUT2D eigenvalue weighted by molar-refractivity contribution is 6.21. The number of nitrogens with one attached hydrogen (secondary N) is 2. The zero-order valence-electron chi connectivity index (χ0n) is 18.1. The lowest BCUT2D eigenvalue weighted by Gasteiger charge is -2.13. The number of carbonyl (C=O) groups excluding carboxylic acids is 5. The third kappa shape index (κ3) is 5.25. The maximum absolute atomic E-state index is 12.4. The smallest absolute Gasteiger partial charge is 0.308 e. The van der Waals surface area contributed by atoms with Gasteiger partial charge in [-0.1, -0.05) is 17.7 Å². The maximum Gasteiger partial charge on any atom is 0.308 e. The number of hydrogen-bond donors (Lipinski definition) is 2. The summed E-state index contributed by atoms with van der Waals surface area (Å²) in [6.07, 6.45) is 1.72. The number of fused-ring (bicyclic) bond motifs is 1. The van der Waals surface area contributed by atoms with E-state index in [1.807, 2.05) is 6.92 Å². The summed E-state index contributed by atoms with van der Waals surface area (Å²) in [6.45, 7) is 1.16. The number of ether oxygens (including phenoxy) is 1. The minimum absolute atomic E-state index is 0.135. The van der Waals surface area contributed by atoms with E-state index >= 15 is 0 Å². The van der Waals surface area contributed by atoms with Gasteiger partial charge in [0, 0.05) is 23.8 Å². The Bertz CT molecular complexity index is 1150. The Labute approximate surface area is 190 Å². The van der Waals surface area contributed by atoms with Gasteiger partial charge >= 0.3 is 5.97 Å². The quantitative estimate of drug-likeness (QED) is 0.470. The molecular formula is C24H23N3O6. The molecule has 0 saturated heterocycles. The molecule has 9 heteroatoms. The van der Waals surface area contributed by atoms with Crippen molar-refractivity contribution in [2.45, 2.75) is 32.2 Å². The molecule has 1 fully saturated rings. The Hall–Kier alpha value is -4.01. The number of nitrogens with zero attached hydrogens (tertiary/aromatic N) is 1. The third-order valence-corrected chi connectivity index (χ3v) is 5.35. The van der Waals surface area contributed by atoms with Gasteiger partial charge in [0.1, 0.15) is 0 Å². The lowest BCUT2D eigenvalue weighted by atomic mass is 10.1. The second-order valence-electron chi connectivity index (χ2n) is 8.10. The fourth-order valence-electron chi connectivity index (χ4n) is 3.46. The number of rotatable bonds is 8. The fourth-order valence-corrected chi connectivity index (χ4v) is 3.46. The summed E-state index contributed by atoms with van der Waals surface area (Å²) in [4.78, 5) is 62.1. The molecule has 1 saturated carbocycles. The van der Waals surface area contributed by atoms with E-state index in [1.165, 1.54) is 0 Å². The van der Waals surface area contributed by atoms with Crippen LogP contribution in [0.2, 0.25) is 0 Å². The van der Waals surface area contributed by atoms with Crippen LogP contribution in [0.4, 0.5) is 5.69 Å². The number of esters is 1. The van der Waals surface area contributed by atoms with Gasteiger partial charge < -0.3 is 15.4 Å². The van der Waals surface area contributed by atoms with Gasteiger partial charge in [0.25, 0.3) is 23.6 Å². The average Bonchev–Trinajstić information content (AvgIpc) is 3.57. The number of imide groups is 1. The Balaban J connectivity index is 1.23. The average molecular weight is 449 g/mol. The lowest BCUT2D eigenvalue weighted by Crippen LogP contribution is -2.32. The van der Waals surface area contributed by atoms with Crippen molar-refractivity contribution in [3.63, 3.8) is 0 Å². The summed E-state index contributed by atoms with van der Waals surface area (Å²) in [6, 6.07) is 11.7. The van der Waals surface area contributed by atoms with E-state index in [4.69, 9.17) is 4.74 Å². The number of benzene rings is 2. The first kappa shape index (κ1) is 22.2. The molecular weight excluding hydrogens is 426 g/mol. The summed E-state index contributed by atoms with van der Waals surface area (Å²) in [5, 5.41) is 5.44. The molecule has 0 unspecified atom stereocenters. The minimum atomic E-state index is -0.713. The van der Waals surface area contributed by atoms with Gasteiger partial charge in [-0.15, -0.1) is 0 Å². The first-order valence-electron chi connectivity index (χ1n) is 10.6. The molecule has 0 radical (unpaired) electrons. The van der Waals surface area contributed by atoms with Gasteiger partial charge in [-0.2, -0.15) is 0 Å². The number of amides is 4. The minimum Gasteiger partial charge on any atom is -0.456 e. The molecule has 4 amide bonds. The normalized spacial score (nSPS) is 14.6. The standard InChI is InChI=1S/C24H23N3O6/c1-14-5-8-18-19(11-14)24(32)27(23(18)31)10-9-21(29)33-13-20(28)25-17-4-2-3-15(12-17)22(30)26-16-6-7-16/h2-5,8,11-12,16H,6-7,9-10,13H2,1H3,(H,25,28)(H,26,30). The Morgan fingerprint density at radius 2 is 1.79 bits per heavy atom. The molecule has 2 N–H and O–H groups in total. The Kier molecular flexibility index (Phi) is 6.21. The van der Waals surface area contributed by atoms with Crippen LogP contribution in [0.25, 0.3) is 0 Å². The van der Waals surface area contributed by atoms with Crippen LogP contribution >= 0.6 is 0 Å². The van der Waals surface area contributed by atoms with Crippen LogP contribution in [0.1, 0.15) is 55.9 Å². The van der Waals surface area contributed by atoms with Crippen LogP contribution in [0.3, 0.4) is 0 Å². The van der Waals surface area contributed by atoms with E-state index in [-0.39, 0.29) is 24.9 Å². The number of aryl methyl sites for hydroxylation is 1. The van der Waals surface area contributed by atoms with Crippen LogP contribution in [-0.4, -0.2) is 53.7 Å². The van der Waals surface area contributed by atoms with Crippen LogP contribution in [0.5, 0.6) is 0 Å². The second kappa shape index (κ2) is 9.23. The van der Waals surface area contributed by atoms with E-state index < -0.39 is 30.3 Å². The van der Waals surface area contributed by atoms with Gasteiger partial charge in [0.15, 0.2) is 6.61 Å². The first-order valence-corrected chi connectivity index (χ1v) is 10.6. The molecule has 4 rings (SSSR count). The molecule has 0 aromatic heterocycles. The molecule has 1 aliphatic heterocycles. The van der Waals surface area contributed by atoms with Crippen molar-refractivity contribution >= 4 is 35.3 Å². The van der Waals surface area contributed by atoms with Crippen LogP contribution < -0.4 is 10.6 Å². The second-order valence-corrected chi connectivity index (χ2v) is 8.10. The van der Waals surface area contributed by atoms with E-state index in [0.717, 1.165) is 23.3 Å². The Morgan fingerprint density at radius 1 is 1.03 bits per heavy atom. The SMILES string of the molecule is Cc1ccc2c(c1)C(=O)N(CCC(=O)OCC(=O)Nc1cccc(C(=O)NC3CC3)c1)C2=O. The van der Waals surface area contributed by atoms with Crippen molar-refractivity contribution in [1.29, 1.82) is 0 Å². The molecule has 1 heterocycles. The summed E-state index contributed by atoms with van der Waals surface area (Å²) in [7, 11) is 0. The van der Waals surface area contributed by atoms with Crippen molar-refractivity contribution in [1.82, 2.24) is 10.2 Å². The molecule has 9 nitrogen and oxygen atoms in total. The zero-order valence-corrected chi connectivity index (χ0v) is 18.1. The third-order valence-electron chi connectivity index (χ3n) is 5.35. The summed E-state index contributed by atoms with van der Waals surface area (Å²) in [5.74, 6) is -2.39. The van der Waals surface area contributed by atoms with Crippen LogP contribution in [0.15, 0.2) is 42.5 Å². The maximum atomic E-state index is 12.4. The van der Waals surface area contributed by atoms with Gasteiger partial charge in [0.05, 0.1) is 17.5 Å². The molecule has 2 aromatic carbocycles. The number of hydrogen-bond acceptors (Lipinski definition) is 6. The summed E-state index contributed by atoms with van der Waals surface area (Å²) in [5.41, 5.74) is 2.32. The molecule has 0 atom stereocenters. The van der Waals surface area contributed by atoms with E-state index in [1.54, 1.807) is 42.5 Å². The molecule has 170 valence electrons. The zero-order chi connectivity index (χ0) is 23.5. The van der Waals surface area contributed by atoms with Crippen molar-refractivity contribution < 1.29 is 28.7 Å². The molecule has 2 aliphatic rings. The summed E-state index contributed by atoms with van der Waals surface area (Å²) >= 11 is 0. The number of anilines is 1. The van der Waals surface area contributed by atoms with Gasteiger partial charge in [-0.05, 0) is 50.1 Å². The van der Waals surface area contributed by atoms with Gasteiger partial charge in [0.2, 0.25) is 0 Å². The highest BCUT2D eigenvalue weighted by atomic mass is 16.5. The monoisotopic (exact) mass is 449 g/mol. The van der Waals surface area contributed by atoms with Crippen molar-refractivity contribution in [3.8, 4) is 0 Å². The Morgan fingerprint density at radius 3 is 2.55 bits per heavy atom. The first-order chi connectivity index (χ1) is 15.8. The molecule has 0 spiro atoms. The van der Waals surface area contributed by atoms with E-state index in [2.05, 4.69) is 10.6 Å². The highest BCUT2D eigenvalue weighted by Crippen LogP contribution is 2.24. The fraction of sp³-hybridized carbons (Fsp3) is 0.292. The molecule has 33 heavy (non-hydrogen) atoms. The highest BCUT2D eigenvalue weighted by Gasteiger charge is 2.35. The summed E-state index contributed by atoms with van der Waals surface area (Å²) < 4.78 is 4.96. The molecule has 2 aromatic rings. The topological polar surface area (TPSA) is 122 Å². The largest absolute Gasteiger partial charge is 0.456 e. The van der Waals surface area contributed by atoms with Crippen LogP contribution in [-0.2, 0) is 14.3 Å². The van der Waals surface area contributed by atoms with Crippen molar-refractivity contribution in [3.05, 3.63) is 64.7 Å². The van der Waals surface area contributed by atoms with E-state index in [0.29, 0.717) is 22.4 Å². The van der Waals surface area contributed by atoms with E-state index in [9.17, 15) is 24.0 Å². The van der Waals surface area contributed by atoms with Gasteiger partial charge in [-0.3, -0.25) is 28.9 Å². The number of carbonyl (C=O) groups is 5. The predicted molar refractivity (Wildman–Crippen MR) is 118 cm³/mol.